The van der Waals surface area contributed by atoms with Crippen molar-refractivity contribution in [3.8, 4) is 0 Å². The number of benzene rings is 1. The molecule has 1 saturated heterocycles. The quantitative estimate of drug-likeness (QED) is 0.764. The summed E-state index contributed by atoms with van der Waals surface area (Å²) in [7, 11) is -0.942. The number of fused-ring (bicyclic) bond motifs is 3. The van der Waals surface area contributed by atoms with Gasteiger partial charge in [0, 0.05) is 23.1 Å². The van der Waals surface area contributed by atoms with Gasteiger partial charge in [0.15, 0.2) is 0 Å². The molecule has 1 aromatic carbocycles. The number of hydrogen-bond donors (Lipinski definition) is 1. The second kappa shape index (κ2) is 4.05. The van der Waals surface area contributed by atoms with E-state index in [-0.39, 0.29) is 11.7 Å². The number of amides is 1. The summed E-state index contributed by atoms with van der Waals surface area (Å²) in [5.41, 5.74) is 1.89. The van der Waals surface area contributed by atoms with Crippen LogP contribution in [0.5, 0.6) is 0 Å². The van der Waals surface area contributed by atoms with E-state index in [1.807, 2.05) is 4.90 Å². The average Bonchev–Trinajstić information content (AvgIpc) is 2.32. The van der Waals surface area contributed by atoms with Gasteiger partial charge in [0.2, 0.25) is 5.91 Å². The molecular weight excluding hydrogens is 255 g/mol. The van der Waals surface area contributed by atoms with E-state index in [1.54, 1.807) is 13.0 Å². The number of carbonyl (C=O) groups excluding carboxylic acids is 1. The van der Waals surface area contributed by atoms with E-state index in [4.69, 9.17) is 0 Å². The Labute approximate surface area is 107 Å². The zero-order valence-corrected chi connectivity index (χ0v) is 10.7. The van der Waals surface area contributed by atoms with Crippen LogP contribution in [0.15, 0.2) is 12.1 Å². The van der Waals surface area contributed by atoms with Crippen LogP contribution in [-0.4, -0.2) is 34.2 Å². The molecule has 0 aromatic heterocycles. The maximum atomic E-state index is 13.5. The van der Waals surface area contributed by atoms with Crippen LogP contribution in [0.3, 0.4) is 0 Å². The van der Waals surface area contributed by atoms with Crippen molar-refractivity contribution in [3.05, 3.63) is 23.5 Å². The Balaban J connectivity index is 2.08. The summed E-state index contributed by atoms with van der Waals surface area (Å²) in [5.74, 6) is 0.383. The Morgan fingerprint density at radius 1 is 1.50 bits per heavy atom. The van der Waals surface area contributed by atoms with Gasteiger partial charge in [-0.2, -0.15) is 0 Å². The Hall–Kier alpha value is -1.43. The fraction of sp³-hybridized carbons (Fsp3) is 0.417. The molecule has 1 fully saturated rings. The first-order valence-corrected chi connectivity index (χ1v) is 7.27. The maximum absolute atomic E-state index is 13.5. The Morgan fingerprint density at radius 3 is 3.06 bits per heavy atom. The van der Waals surface area contributed by atoms with Gasteiger partial charge in [-0.1, -0.05) is 0 Å². The summed E-state index contributed by atoms with van der Waals surface area (Å²) in [6.07, 6.45) is 0. The van der Waals surface area contributed by atoms with Crippen molar-refractivity contribution in [1.29, 1.82) is 0 Å². The predicted molar refractivity (Wildman–Crippen MR) is 68.8 cm³/mol. The minimum absolute atomic E-state index is 0.196. The van der Waals surface area contributed by atoms with Gasteiger partial charge in [0.05, 0.1) is 17.1 Å². The summed E-state index contributed by atoms with van der Waals surface area (Å²) < 4.78 is 25.0. The highest BCUT2D eigenvalue weighted by Gasteiger charge is 2.37. The van der Waals surface area contributed by atoms with Crippen LogP contribution in [0.25, 0.3) is 0 Å². The van der Waals surface area contributed by atoms with Gasteiger partial charge in [0.1, 0.15) is 11.9 Å². The monoisotopic (exact) mass is 268 g/mol. The zero-order chi connectivity index (χ0) is 12.9. The first kappa shape index (κ1) is 11.6. The van der Waals surface area contributed by atoms with Crippen molar-refractivity contribution in [3.63, 3.8) is 0 Å². The normalized spacial score (nSPS) is 26.3. The predicted octanol–water partition coefficient (Wildman–Crippen LogP) is 1.02. The Bertz CT molecular complexity index is 561. The van der Waals surface area contributed by atoms with Crippen molar-refractivity contribution in [1.82, 2.24) is 0 Å². The summed E-state index contributed by atoms with van der Waals surface area (Å²) in [6, 6.07) is 2.70. The van der Waals surface area contributed by atoms with Crippen LogP contribution in [0, 0.1) is 12.7 Å². The van der Waals surface area contributed by atoms with Crippen LogP contribution in [0.2, 0.25) is 0 Å². The molecule has 96 valence electrons. The van der Waals surface area contributed by atoms with Gasteiger partial charge in [-0.3, -0.25) is 9.00 Å². The van der Waals surface area contributed by atoms with Crippen molar-refractivity contribution in [2.45, 2.75) is 13.0 Å². The molecule has 6 heteroatoms. The van der Waals surface area contributed by atoms with E-state index in [1.165, 1.54) is 6.07 Å². The molecule has 2 heterocycles. The number of nitrogens with zero attached hydrogens (tertiary/aromatic N) is 1. The highest BCUT2D eigenvalue weighted by Crippen LogP contribution is 2.35. The number of aryl methyl sites for hydroxylation is 1. The SMILES string of the molecule is Cc1cc2c(cc1F)NC(=O)C1CS(=O)CCN21. The van der Waals surface area contributed by atoms with Crippen LogP contribution in [-0.2, 0) is 15.6 Å². The van der Waals surface area contributed by atoms with Gasteiger partial charge in [-0.15, -0.1) is 0 Å². The third-order valence-corrected chi connectivity index (χ3v) is 4.75. The van der Waals surface area contributed by atoms with E-state index in [2.05, 4.69) is 5.32 Å². The van der Waals surface area contributed by atoms with Crippen LogP contribution >= 0.6 is 0 Å². The topological polar surface area (TPSA) is 49.4 Å². The van der Waals surface area contributed by atoms with Crippen LogP contribution in [0.1, 0.15) is 5.56 Å². The third kappa shape index (κ3) is 1.71. The largest absolute Gasteiger partial charge is 0.356 e. The van der Waals surface area contributed by atoms with Gasteiger partial charge >= 0.3 is 0 Å². The second-order valence-corrected chi connectivity index (χ2v) is 6.25. The average molecular weight is 268 g/mol. The number of nitrogens with one attached hydrogen (secondary N) is 1. The number of anilines is 2. The lowest BCUT2D eigenvalue weighted by Gasteiger charge is -2.40. The summed E-state index contributed by atoms with van der Waals surface area (Å²) in [5, 5.41) is 2.69. The number of carbonyl (C=O) groups is 1. The minimum atomic E-state index is -0.942. The molecule has 18 heavy (non-hydrogen) atoms. The smallest absolute Gasteiger partial charge is 0.248 e. The molecule has 0 saturated carbocycles. The van der Waals surface area contributed by atoms with E-state index in [9.17, 15) is 13.4 Å². The lowest BCUT2D eigenvalue weighted by atomic mass is 10.1. The lowest BCUT2D eigenvalue weighted by Crippen LogP contribution is -2.55. The van der Waals surface area contributed by atoms with Gasteiger partial charge in [-0.05, 0) is 24.6 Å². The van der Waals surface area contributed by atoms with E-state index in [0.29, 0.717) is 29.3 Å². The van der Waals surface area contributed by atoms with Crippen LogP contribution in [0.4, 0.5) is 15.8 Å². The van der Waals surface area contributed by atoms with Crippen molar-refractivity contribution < 1.29 is 13.4 Å². The fourth-order valence-corrected chi connectivity index (χ4v) is 3.68. The van der Waals surface area contributed by atoms with Gasteiger partial charge in [-0.25, -0.2) is 4.39 Å². The minimum Gasteiger partial charge on any atom is -0.356 e. The van der Waals surface area contributed by atoms with E-state index >= 15 is 0 Å². The van der Waals surface area contributed by atoms with E-state index in [0.717, 1.165) is 5.69 Å². The molecule has 2 aliphatic rings. The first-order valence-electron chi connectivity index (χ1n) is 5.79. The standard InChI is InChI=1S/C12H13FN2O2S/c1-7-4-10-9(5-8(7)13)14-12(16)11-6-18(17)3-2-15(10)11/h4-5,11H,2-3,6H2,1H3,(H,14,16). The van der Waals surface area contributed by atoms with Crippen LogP contribution < -0.4 is 10.2 Å². The molecular formula is C12H13FN2O2S. The molecule has 0 bridgehead atoms. The molecule has 2 unspecified atom stereocenters. The molecule has 4 nitrogen and oxygen atoms in total. The molecule has 1 amide bonds. The molecule has 1 aromatic rings. The fourth-order valence-electron chi connectivity index (χ4n) is 2.43. The maximum Gasteiger partial charge on any atom is 0.248 e. The number of hydrogen-bond acceptors (Lipinski definition) is 3. The molecule has 3 rings (SSSR count). The second-order valence-electron chi connectivity index (χ2n) is 4.63. The van der Waals surface area contributed by atoms with Gasteiger partial charge < -0.3 is 10.2 Å². The first-order chi connectivity index (χ1) is 8.56. The Kier molecular flexibility index (Phi) is 2.62. The van der Waals surface area contributed by atoms with E-state index < -0.39 is 16.8 Å². The molecule has 0 spiro atoms. The summed E-state index contributed by atoms with van der Waals surface area (Å²) in [4.78, 5) is 13.9. The lowest BCUT2D eigenvalue weighted by molar-refractivity contribution is -0.117. The molecule has 0 aliphatic carbocycles. The zero-order valence-electron chi connectivity index (χ0n) is 9.90. The van der Waals surface area contributed by atoms with Crippen molar-refractivity contribution in [2.75, 3.05) is 28.3 Å². The van der Waals surface area contributed by atoms with Crippen molar-refractivity contribution >= 4 is 28.1 Å². The molecule has 1 N–H and O–H groups in total. The summed E-state index contributed by atoms with van der Waals surface area (Å²) >= 11 is 0. The molecule has 2 atom stereocenters. The molecule has 0 radical (unpaired) electrons. The summed E-state index contributed by atoms with van der Waals surface area (Å²) in [6.45, 7) is 2.27. The number of halogens is 1. The third-order valence-electron chi connectivity index (χ3n) is 3.43. The van der Waals surface area contributed by atoms with Crippen molar-refractivity contribution in [2.24, 2.45) is 0 Å². The Morgan fingerprint density at radius 2 is 2.28 bits per heavy atom. The van der Waals surface area contributed by atoms with Gasteiger partial charge in [0.25, 0.3) is 0 Å². The highest BCUT2D eigenvalue weighted by molar-refractivity contribution is 7.85. The number of rotatable bonds is 0. The molecule has 2 aliphatic heterocycles. The highest BCUT2D eigenvalue weighted by atomic mass is 32.2.